The van der Waals surface area contributed by atoms with Gasteiger partial charge in [-0.15, -0.1) is 0 Å². The van der Waals surface area contributed by atoms with Gasteiger partial charge in [0.1, 0.15) is 0 Å². The fraction of sp³-hybridized carbons (Fsp3) is 0.923. The van der Waals surface area contributed by atoms with Crippen LogP contribution in [0.4, 0.5) is 8.78 Å². The first-order chi connectivity index (χ1) is 8.23. The maximum absolute atomic E-state index is 13.5. The second kappa shape index (κ2) is 5.95. The Hall–Kier alpha value is -0.710. The molecule has 106 valence electrons. The highest BCUT2D eigenvalue weighted by molar-refractivity contribution is 5.79. The van der Waals surface area contributed by atoms with Gasteiger partial charge in [0, 0.05) is 12.6 Å². The minimum atomic E-state index is -2.89. The number of alkyl halides is 2. The number of rotatable bonds is 4. The third-order valence-corrected chi connectivity index (χ3v) is 3.71. The molecule has 0 aliphatic carbocycles. The molecule has 1 heterocycles. The molecular formula is C13H23F2NO2. The largest absolute Gasteiger partial charge is 0.381 e. The van der Waals surface area contributed by atoms with E-state index in [2.05, 4.69) is 5.32 Å². The summed E-state index contributed by atoms with van der Waals surface area (Å²) in [6, 6.07) is -0.00789. The summed E-state index contributed by atoms with van der Waals surface area (Å²) in [5.41, 5.74) is 0. The molecule has 0 bridgehead atoms. The van der Waals surface area contributed by atoms with Crippen LogP contribution in [0.25, 0.3) is 0 Å². The van der Waals surface area contributed by atoms with Crippen molar-refractivity contribution in [2.24, 2.45) is 17.8 Å². The number of carbonyl (C=O) groups is 1. The van der Waals surface area contributed by atoms with E-state index >= 15 is 0 Å². The predicted octanol–water partition coefficient (Wildman–Crippen LogP) is 2.46. The molecule has 3 atom stereocenters. The van der Waals surface area contributed by atoms with Crippen LogP contribution < -0.4 is 5.32 Å². The molecule has 1 aliphatic rings. The van der Waals surface area contributed by atoms with E-state index in [0.29, 0.717) is 13.0 Å². The van der Waals surface area contributed by atoms with Crippen LogP contribution in [0, 0.1) is 17.8 Å². The van der Waals surface area contributed by atoms with E-state index < -0.39 is 17.8 Å². The van der Waals surface area contributed by atoms with E-state index in [1.807, 2.05) is 20.8 Å². The van der Waals surface area contributed by atoms with Gasteiger partial charge >= 0.3 is 0 Å². The summed E-state index contributed by atoms with van der Waals surface area (Å²) in [7, 11) is 0. The van der Waals surface area contributed by atoms with Crippen molar-refractivity contribution in [3.05, 3.63) is 0 Å². The SMILES string of the molecule is CC(C)[C@@H](C)NC(=O)C1CCOC[C@H]1C(C)(F)F. The van der Waals surface area contributed by atoms with Crippen LogP contribution in [0.3, 0.4) is 0 Å². The van der Waals surface area contributed by atoms with Crippen LogP contribution >= 0.6 is 0 Å². The van der Waals surface area contributed by atoms with Gasteiger partial charge in [0.25, 0.3) is 5.92 Å². The van der Waals surface area contributed by atoms with E-state index in [1.165, 1.54) is 0 Å². The number of ether oxygens (including phenoxy) is 1. The van der Waals surface area contributed by atoms with Crippen molar-refractivity contribution in [3.63, 3.8) is 0 Å². The number of hydrogen-bond acceptors (Lipinski definition) is 2. The van der Waals surface area contributed by atoms with Gasteiger partial charge < -0.3 is 10.1 Å². The molecular weight excluding hydrogens is 240 g/mol. The molecule has 5 heteroatoms. The highest BCUT2D eigenvalue weighted by Gasteiger charge is 2.45. The molecule has 1 N–H and O–H groups in total. The molecule has 1 fully saturated rings. The Balaban J connectivity index is 2.69. The molecule has 1 unspecified atom stereocenters. The lowest BCUT2D eigenvalue weighted by Gasteiger charge is -2.35. The van der Waals surface area contributed by atoms with Crippen molar-refractivity contribution in [1.29, 1.82) is 0 Å². The lowest BCUT2D eigenvalue weighted by Crippen LogP contribution is -2.49. The zero-order valence-corrected chi connectivity index (χ0v) is 11.5. The maximum atomic E-state index is 13.5. The summed E-state index contributed by atoms with van der Waals surface area (Å²) in [5.74, 6) is -4.55. The van der Waals surface area contributed by atoms with Gasteiger partial charge in [0.2, 0.25) is 5.91 Å². The molecule has 0 aromatic heterocycles. The molecule has 0 radical (unpaired) electrons. The van der Waals surface area contributed by atoms with Gasteiger partial charge in [-0.25, -0.2) is 8.78 Å². The smallest absolute Gasteiger partial charge is 0.251 e. The van der Waals surface area contributed by atoms with E-state index in [-0.39, 0.29) is 24.5 Å². The third-order valence-electron chi connectivity index (χ3n) is 3.71. The molecule has 1 saturated heterocycles. The molecule has 0 aromatic rings. The summed E-state index contributed by atoms with van der Waals surface area (Å²) in [5, 5.41) is 2.82. The first-order valence-electron chi connectivity index (χ1n) is 6.49. The highest BCUT2D eigenvalue weighted by atomic mass is 19.3. The second-order valence-electron chi connectivity index (χ2n) is 5.57. The molecule has 0 aromatic carbocycles. The van der Waals surface area contributed by atoms with E-state index in [1.54, 1.807) is 0 Å². The second-order valence-corrected chi connectivity index (χ2v) is 5.57. The first-order valence-corrected chi connectivity index (χ1v) is 6.49. The van der Waals surface area contributed by atoms with E-state index in [4.69, 9.17) is 4.74 Å². The summed E-state index contributed by atoms with van der Waals surface area (Å²) >= 11 is 0. The first kappa shape index (κ1) is 15.3. The number of halogens is 2. The van der Waals surface area contributed by atoms with Gasteiger partial charge in [-0.05, 0) is 26.2 Å². The van der Waals surface area contributed by atoms with Crippen molar-refractivity contribution in [2.75, 3.05) is 13.2 Å². The van der Waals surface area contributed by atoms with Crippen molar-refractivity contribution in [3.8, 4) is 0 Å². The van der Waals surface area contributed by atoms with Crippen molar-refractivity contribution in [1.82, 2.24) is 5.32 Å². The number of amides is 1. The van der Waals surface area contributed by atoms with Crippen LogP contribution in [-0.2, 0) is 9.53 Å². The Morgan fingerprint density at radius 1 is 1.39 bits per heavy atom. The Morgan fingerprint density at radius 2 is 2.00 bits per heavy atom. The number of hydrogen-bond donors (Lipinski definition) is 1. The molecule has 3 nitrogen and oxygen atoms in total. The quantitative estimate of drug-likeness (QED) is 0.846. The minimum absolute atomic E-state index is 0.00789. The number of nitrogens with one attached hydrogen (secondary N) is 1. The van der Waals surface area contributed by atoms with Gasteiger partial charge in [-0.2, -0.15) is 0 Å². The van der Waals surface area contributed by atoms with Gasteiger partial charge in [-0.3, -0.25) is 4.79 Å². The van der Waals surface area contributed by atoms with Gasteiger partial charge in [0.05, 0.1) is 18.4 Å². The van der Waals surface area contributed by atoms with Gasteiger partial charge in [0.15, 0.2) is 0 Å². The fourth-order valence-corrected chi connectivity index (χ4v) is 2.05. The Morgan fingerprint density at radius 3 is 2.50 bits per heavy atom. The van der Waals surface area contributed by atoms with E-state index in [9.17, 15) is 13.6 Å². The van der Waals surface area contributed by atoms with Crippen LogP contribution in [0.2, 0.25) is 0 Å². The fourth-order valence-electron chi connectivity index (χ4n) is 2.05. The molecule has 1 rings (SSSR count). The van der Waals surface area contributed by atoms with Crippen LogP contribution in [0.1, 0.15) is 34.1 Å². The highest BCUT2D eigenvalue weighted by Crippen LogP contribution is 2.35. The number of carbonyl (C=O) groups excluding carboxylic acids is 1. The topological polar surface area (TPSA) is 38.3 Å². The molecule has 0 saturated carbocycles. The summed E-state index contributed by atoms with van der Waals surface area (Å²) < 4.78 is 32.0. The summed E-state index contributed by atoms with van der Waals surface area (Å²) in [6.07, 6.45) is 0.366. The van der Waals surface area contributed by atoms with Crippen LogP contribution in [-0.4, -0.2) is 31.1 Å². The van der Waals surface area contributed by atoms with Crippen LogP contribution in [0.15, 0.2) is 0 Å². The minimum Gasteiger partial charge on any atom is -0.381 e. The molecule has 1 amide bonds. The Kier molecular flexibility index (Phi) is 5.08. The zero-order chi connectivity index (χ0) is 13.9. The van der Waals surface area contributed by atoms with Crippen LogP contribution in [0.5, 0.6) is 0 Å². The Bertz CT molecular complexity index is 289. The molecule has 1 aliphatic heterocycles. The third kappa shape index (κ3) is 3.90. The lowest BCUT2D eigenvalue weighted by molar-refractivity contribution is -0.151. The average molecular weight is 263 g/mol. The van der Waals surface area contributed by atoms with Crippen molar-refractivity contribution in [2.45, 2.75) is 46.1 Å². The van der Waals surface area contributed by atoms with Crippen molar-refractivity contribution < 1.29 is 18.3 Å². The van der Waals surface area contributed by atoms with Gasteiger partial charge in [-0.1, -0.05) is 13.8 Å². The molecule has 0 spiro atoms. The monoisotopic (exact) mass is 263 g/mol. The summed E-state index contributed by atoms with van der Waals surface area (Å²) in [6.45, 7) is 7.06. The summed E-state index contributed by atoms with van der Waals surface area (Å²) in [4.78, 5) is 12.1. The molecule has 18 heavy (non-hydrogen) atoms. The standard InChI is InChI=1S/C13H23F2NO2/c1-8(2)9(3)16-12(17)10-5-6-18-7-11(10)13(4,14)15/h8-11H,5-7H2,1-4H3,(H,16,17)/t9-,10?,11-/m1/s1. The van der Waals surface area contributed by atoms with Crippen molar-refractivity contribution >= 4 is 5.91 Å². The normalized spacial score (nSPS) is 27.1. The maximum Gasteiger partial charge on any atom is 0.251 e. The zero-order valence-electron chi connectivity index (χ0n) is 11.5. The Labute approximate surface area is 107 Å². The predicted molar refractivity (Wildman–Crippen MR) is 65.5 cm³/mol. The lowest BCUT2D eigenvalue weighted by atomic mass is 9.83. The average Bonchev–Trinajstić information content (AvgIpc) is 2.27. The van der Waals surface area contributed by atoms with E-state index in [0.717, 1.165) is 6.92 Å².